The quantitative estimate of drug-likeness (QED) is 0.559. The monoisotopic (exact) mass is 389 g/mol. The van der Waals surface area contributed by atoms with Crippen LogP contribution < -0.4 is 16.4 Å². The Morgan fingerprint density at radius 2 is 1.52 bits per heavy atom. The van der Waals surface area contributed by atoms with Crippen molar-refractivity contribution in [1.29, 1.82) is 0 Å². The van der Waals surface area contributed by atoms with Crippen LogP contribution in [0.3, 0.4) is 0 Å². The second-order valence-corrected chi connectivity index (χ2v) is 6.37. The number of benzene rings is 3. The van der Waals surface area contributed by atoms with Gasteiger partial charge in [0.25, 0.3) is 0 Å². The highest BCUT2D eigenvalue weighted by molar-refractivity contribution is 5.92. The van der Waals surface area contributed by atoms with Crippen molar-refractivity contribution in [3.63, 3.8) is 0 Å². The predicted octanol–water partition coefficient (Wildman–Crippen LogP) is 4.39. The number of para-hydroxylation sites is 1. The van der Waals surface area contributed by atoms with Gasteiger partial charge in [-0.05, 0) is 29.3 Å². The third-order valence-corrected chi connectivity index (χ3v) is 4.28. The summed E-state index contributed by atoms with van der Waals surface area (Å²) in [6.45, 7) is 0.427. The van der Waals surface area contributed by atoms with Gasteiger partial charge in [0.05, 0.1) is 12.1 Å². The lowest BCUT2D eigenvalue weighted by molar-refractivity contribution is -0.116. The smallest absolute Gasteiger partial charge is 0.411 e. The van der Waals surface area contributed by atoms with E-state index in [0.717, 1.165) is 16.7 Å². The van der Waals surface area contributed by atoms with E-state index in [9.17, 15) is 9.59 Å². The SMILES string of the molecule is NCc1ccc(NC(=O)CCOC(=O)Nc2ccccc2-c2ccccc2)cc1. The van der Waals surface area contributed by atoms with E-state index in [4.69, 9.17) is 10.5 Å². The Balaban J connectivity index is 1.48. The first-order valence-electron chi connectivity index (χ1n) is 9.33. The summed E-state index contributed by atoms with van der Waals surface area (Å²) in [5.41, 5.74) is 9.74. The highest BCUT2D eigenvalue weighted by Crippen LogP contribution is 2.27. The maximum absolute atomic E-state index is 12.1. The molecular formula is C23H23N3O3. The van der Waals surface area contributed by atoms with Gasteiger partial charge in [0.2, 0.25) is 5.91 Å². The van der Waals surface area contributed by atoms with Crippen molar-refractivity contribution in [3.05, 3.63) is 84.4 Å². The molecule has 29 heavy (non-hydrogen) atoms. The molecule has 3 rings (SSSR count). The zero-order valence-electron chi connectivity index (χ0n) is 15.9. The van der Waals surface area contributed by atoms with Gasteiger partial charge < -0.3 is 15.8 Å². The molecule has 6 nitrogen and oxygen atoms in total. The lowest BCUT2D eigenvalue weighted by Gasteiger charge is -2.12. The summed E-state index contributed by atoms with van der Waals surface area (Å²) in [6.07, 6.45) is -0.541. The molecule has 0 aliphatic carbocycles. The minimum atomic E-state index is -0.603. The fraction of sp³-hybridized carbons (Fsp3) is 0.130. The summed E-state index contributed by atoms with van der Waals surface area (Å²) in [4.78, 5) is 24.1. The van der Waals surface area contributed by atoms with Gasteiger partial charge in [-0.3, -0.25) is 10.1 Å². The molecule has 0 aliphatic heterocycles. The third kappa shape index (κ3) is 5.92. The number of hydrogen-bond donors (Lipinski definition) is 3. The molecule has 148 valence electrons. The Morgan fingerprint density at radius 3 is 2.24 bits per heavy atom. The van der Waals surface area contributed by atoms with Crippen molar-refractivity contribution in [2.75, 3.05) is 17.2 Å². The number of hydrogen-bond acceptors (Lipinski definition) is 4. The summed E-state index contributed by atoms with van der Waals surface area (Å²) >= 11 is 0. The maximum atomic E-state index is 12.1. The van der Waals surface area contributed by atoms with Gasteiger partial charge in [0.15, 0.2) is 0 Å². The predicted molar refractivity (Wildman–Crippen MR) is 114 cm³/mol. The summed E-state index contributed by atoms with van der Waals surface area (Å²) in [6, 6.07) is 24.5. The first kappa shape index (κ1) is 20.1. The molecule has 6 heteroatoms. The molecule has 3 aromatic rings. The minimum Gasteiger partial charge on any atom is -0.449 e. The zero-order chi connectivity index (χ0) is 20.5. The fourth-order valence-electron chi connectivity index (χ4n) is 2.79. The number of amides is 2. The summed E-state index contributed by atoms with van der Waals surface area (Å²) in [5.74, 6) is -0.233. The van der Waals surface area contributed by atoms with Crippen LogP contribution >= 0.6 is 0 Å². The summed E-state index contributed by atoms with van der Waals surface area (Å²) < 4.78 is 5.15. The summed E-state index contributed by atoms with van der Waals surface area (Å²) in [7, 11) is 0. The molecule has 0 aliphatic rings. The van der Waals surface area contributed by atoms with E-state index in [1.54, 1.807) is 18.2 Å². The van der Waals surface area contributed by atoms with Crippen LogP contribution in [0, 0.1) is 0 Å². The van der Waals surface area contributed by atoms with Gasteiger partial charge in [-0.2, -0.15) is 0 Å². The number of nitrogens with two attached hydrogens (primary N) is 1. The first-order valence-corrected chi connectivity index (χ1v) is 9.33. The van der Waals surface area contributed by atoms with Crippen LogP contribution in [0.4, 0.5) is 16.2 Å². The van der Waals surface area contributed by atoms with Gasteiger partial charge in [-0.15, -0.1) is 0 Å². The van der Waals surface area contributed by atoms with Crippen LogP contribution in [0.25, 0.3) is 11.1 Å². The first-order chi connectivity index (χ1) is 14.2. The van der Waals surface area contributed by atoms with Crippen molar-refractivity contribution in [3.8, 4) is 11.1 Å². The Bertz CT molecular complexity index is 957. The highest BCUT2D eigenvalue weighted by atomic mass is 16.5. The number of rotatable bonds is 7. The lowest BCUT2D eigenvalue weighted by Crippen LogP contribution is -2.19. The van der Waals surface area contributed by atoms with Crippen LogP contribution in [0.2, 0.25) is 0 Å². The standard InChI is InChI=1S/C23H23N3O3/c24-16-17-10-12-19(13-11-17)25-22(27)14-15-29-23(28)26-21-9-5-4-8-20(21)18-6-2-1-3-7-18/h1-13H,14-16,24H2,(H,25,27)(H,26,28). The van der Waals surface area contributed by atoms with Gasteiger partial charge in [-0.1, -0.05) is 60.7 Å². The molecule has 0 atom stereocenters. The Labute approximate surface area is 169 Å². The maximum Gasteiger partial charge on any atom is 0.411 e. The van der Waals surface area contributed by atoms with E-state index in [-0.39, 0.29) is 18.9 Å². The van der Waals surface area contributed by atoms with Gasteiger partial charge >= 0.3 is 6.09 Å². The van der Waals surface area contributed by atoms with E-state index in [0.29, 0.717) is 17.9 Å². The number of anilines is 2. The fourth-order valence-corrected chi connectivity index (χ4v) is 2.79. The van der Waals surface area contributed by atoms with Crippen molar-refractivity contribution >= 4 is 23.4 Å². The number of carbonyl (C=O) groups excluding carboxylic acids is 2. The molecule has 0 radical (unpaired) electrons. The van der Waals surface area contributed by atoms with Crippen molar-refractivity contribution in [2.24, 2.45) is 5.73 Å². The Morgan fingerprint density at radius 1 is 0.828 bits per heavy atom. The minimum absolute atomic E-state index is 0.0218. The van der Waals surface area contributed by atoms with E-state index >= 15 is 0 Å². The molecule has 0 spiro atoms. The van der Waals surface area contributed by atoms with Crippen LogP contribution in [-0.4, -0.2) is 18.6 Å². The van der Waals surface area contributed by atoms with E-state index < -0.39 is 6.09 Å². The third-order valence-electron chi connectivity index (χ3n) is 4.28. The van der Waals surface area contributed by atoms with E-state index in [1.165, 1.54) is 0 Å². The highest BCUT2D eigenvalue weighted by Gasteiger charge is 2.10. The van der Waals surface area contributed by atoms with E-state index in [1.807, 2.05) is 60.7 Å². The topological polar surface area (TPSA) is 93.4 Å². The van der Waals surface area contributed by atoms with Gasteiger partial charge in [0.1, 0.15) is 6.61 Å². The van der Waals surface area contributed by atoms with Crippen molar-refractivity contribution < 1.29 is 14.3 Å². The molecule has 3 aromatic carbocycles. The molecule has 0 unspecified atom stereocenters. The molecule has 0 bridgehead atoms. The molecule has 0 aromatic heterocycles. The second-order valence-electron chi connectivity index (χ2n) is 6.37. The van der Waals surface area contributed by atoms with Crippen LogP contribution in [-0.2, 0) is 16.1 Å². The Kier molecular flexibility index (Phi) is 6.97. The second kappa shape index (κ2) is 10.1. The molecule has 0 fully saturated rings. The largest absolute Gasteiger partial charge is 0.449 e. The molecular weight excluding hydrogens is 366 g/mol. The molecule has 0 saturated carbocycles. The number of ether oxygens (including phenoxy) is 1. The van der Waals surface area contributed by atoms with E-state index in [2.05, 4.69) is 10.6 Å². The number of nitrogens with one attached hydrogen (secondary N) is 2. The normalized spacial score (nSPS) is 10.2. The Hall–Kier alpha value is -3.64. The molecule has 2 amide bonds. The van der Waals surface area contributed by atoms with Gasteiger partial charge in [-0.25, -0.2) is 4.79 Å². The zero-order valence-corrected chi connectivity index (χ0v) is 15.9. The van der Waals surface area contributed by atoms with Crippen LogP contribution in [0.1, 0.15) is 12.0 Å². The van der Waals surface area contributed by atoms with Crippen LogP contribution in [0.15, 0.2) is 78.9 Å². The average molecular weight is 389 g/mol. The summed E-state index contributed by atoms with van der Waals surface area (Å²) in [5, 5.41) is 5.50. The lowest BCUT2D eigenvalue weighted by atomic mass is 10.0. The van der Waals surface area contributed by atoms with Crippen molar-refractivity contribution in [2.45, 2.75) is 13.0 Å². The van der Waals surface area contributed by atoms with Crippen LogP contribution in [0.5, 0.6) is 0 Å². The molecule has 0 heterocycles. The van der Waals surface area contributed by atoms with Gasteiger partial charge in [0, 0.05) is 17.8 Å². The molecule has 4 N–H and O–H groups in total. The average Bonchev–Trinajstić information content (AvgIpc) is 2.75. The van der Waals surface area contributed by atoms with Crippen molar-refractivity contribution in [1.82, 2.24) is 0 Å². The molecule has 0 saturated heterocycles. The number of carbonyl (C=O) groups is 2.